The second-order valence-corrected chi connectivity index (χ2v) is 7.29. The van der Waals surface area contributed by atoms with Gasteiger partial charge in [-0.15, -0.1) is 0 Å². The summed E-state index contributed by atoms with van der Waals surface area (Å²) in [6.07, 6.45) is 3.93. The van der Waals surface area contributed by atoms with Crippen LogP contribution in [0.5, 0.6) is 0 Å². The molecule has 1 aromatic heterocycles. The van der Waals surface area contributed by atoms with E-state index in [1.165, 1.54) is 18.2 Å². The summed E-state index contributed by atoms with van der Waals surface area (Å²) in [4.78, 5) is 33.9. The molecule has 2 heterocycles. The van der Waals surface area contributed by atoms with Gasteiger partial charge in [0.15, 0.2) is 5.16 Å². The maximum atomic E-state index is 12.4. The van der Waals surface area contributed by atoms with E-state index >= 15 is 0 Å². The van der Waals surface area contributed by atoms with E-state index < -0.39 is 0 Å². The number of thioether (sulfide) groups is 1. The van der Waals surface area contributed by atoms with E-state index in [2.05, 4.69) is 9.97 Å². The smallest absolute Gasteiger partial charge is 0.255 e. The van der Waals surface area contributed by atoms with Crippen molar-refractivity contribution in [2.75, 3.05) is 18.8 Å². The third kappa shape index (κ3) is 4.72. The van der Waals surface area contributed by atoms with Gasteiger partial charge in [0.2, 0.25) is 5.91 Å². The lowest BCUT2D eigenvalue weighted by atomic mass is 10.1. The summed E-state index contributed by atoms with van der Waals surface area (Å²) in [7, 11) is 0. The Balaban J connectivity index is 1.65. The number of hydrogen-bond donors (Lipinski definition) is 1. The average Bonchev–Trinajstić information content (AvgIpc) is 2.64. The number of hydrogen-bond acceptors (Lipinski definition) is 4. The molecule has 3 rings (SSSR count). The molecule has 5 nitrogen and oxygen atoms in total. The van der Waals surface area contributed by atoms with Crippen LogP contribution in [0.1, 0.15) is 36.1 Å². The van der Waals surface area contributed by atoms with Crippen LogP contribution in [0, 0.1) is 6.92 Å². The number of aryl methyl sites for hydroxylation is 1. The van der Waals surface area contributed by atoms with Crippen molar-refractivity contribution in [2.24, 2.45) is 0 Å². The monoisotopic (exact) mass is 357 g/mol. The zero-order chi connectivity index (χ0) is 17.6. The van der Waals surface area contributed by atoms with Crippen molar-refractivity contribution in [1.82, 2.24) is 14.9 Å². The molecule has 1 aliphatic rings. The van der Waals surface area contributed by atoms with Gasteiger partial charge in [-0.3, -0.25) is 9.59 Å². The molecule has 6 heteroatoms. The normalized spacial score (nSPS) is 14.5. The number of amides is 1. The van der Waals surface area contributed by atoms with Crippen LogP contribution in [0.2, 0.25) is 0 Å². The van der Waals surface area contributed by atoms with E-state index in [-0.39, 0.29) is 11.5 Å². The predicted molar refractivity (Wildman–Crippen MR) is 100.0 cm³/mol. The van der Waals surface area contributed by atoms with E-state index in [0.717, 1.165) is 37.2 Å². The number of likely N-dealkylation sites (tertiary alicyclic amines) is 1. The van der Waals surface area contributed by atoms with Crippen molar-refractivity contribution in [2.45, 2.75) is 37.8 Å². The van der Waals surface area contributed by atoms with Gasteiger partial charge >= 0.3 is 0 Å². The second kappa shape index (κ2) is 8.34. The van der Waals surface area contributed by atoms with E-state index in [0.29, 0.717) is 22.9 Å². The first-order valence-electron chi connectivity index (χ1n) is 8.68. The number of benzene rings is 1. The summed E-state index contributed by atoms with van der Waals surface area (Å²) in [5.41, 5.74) is 2.36. The van der Waals surface area contributed by atoms with Crippen LogP contribution in [0.4, 0.5) is 0 Å². The minimum absolute atomic E-state index is 0.121. The van der Waals surface area contributed by atoms with Crippen molar-refractivity contribution in [3.63, 3.8) is 0 Å². The number of nitrogens with one attached hydrogen (secondary N) is 1. The van der Waals surface area contributed by atoms with Crippen LogP contribution in [0.3, 0.4) is 0 Å². The summed E-state index contributed by atoms with van der Waals surface area (Å²) < 4.78 is 0. The summed E-state index contributed by atoms with van der Waals surface area (Å²) in [6, 6.07) is 9.88. The quantitative estimate of drug-likeness (QED) is 0.660. The number of nitrogens with zero attached hydrogens (tertiary/aromatic N) is 2. The Bertz CT molecular complexity index is 783. The standard InChI is InChI=1S/C19H23N3O2S/c1-14-16(12-15-8-4-2-5-9-15)18(24)21-19(20-14)25-13-17(23)22-10-6-3-7-11-22/h2,4-5,8-9H,3,6-7,10-13H2,1H3,(H,20,21,24). The zero-order valence-corrected chi connectivity index (χ0v) is 15.3. The molecule has 1 saturated heterocycles. The Morgan fingerprint density at radius 3 is 2.60 bits per heavy atom. The number of rotatable bonds is 5. The molecule has 1 fully saturated rings. The Morgan fingerprint density at radius 1 is 1.20 bits per heavy atom. The average molecular weight is 357 g/mol. The van der Waals surface area contributed by atoms with Crippen LogP contribution in [-0.2, 0) is 11.2 Å². The third-order valence-electron chi connectivity index (χ3n) is 4.47. The van der Waals surface area contributed by atoms with E-state index in [1.54, 1.807) is 0 Å². The Morgan fingerprint density at radius 2 is 1.92 bits per heavy atom. The fraction of sp³-hybridized carbons (Fsp3) is 0.421. The molecule has 0 saturated carbocycles. The molecule has 0 aliphatic carbocycles. The van der Waals surface area contributed by atoms with Gasteiger partial charge in [0, 0.05) is 30.8 Å². The van der Waals surface area contributed by atoms with Gasteiger partial charge in [-0.05, 0) is 31.7 Å². The van der Waals surface area contributed by atoms with Gasteiger partial charge in [-0.2, -0.15) is 0 Å². The minimum Gasteiger partial charge on any atom is -0.342 e. The summed E-state index contributed by atoms with van der Waals surface area (Å²) in [5.74, 6) is 0.443. The zero-order valence-electron chi connectivity index (χ0n) is 14.5. The van der Waals surface area contributed by atoms with Gasteiger partial charge in [-0.1, -0.05) is 42.1 Å². The lowest BCUT2D eigenvalue weighted by Crippen LogP contribution is -2.36. The van der Waals surface area contributed by atoms with Crippen LogP contribution in [-0.4, -0.2) is 39.6 Å². The number of carbonyl (C=O) groups is 1. The highest BCUT2D eigenvalue weighted by Crippen LogP contribution is 2.17. The SMILES string of the molecule is Cc1nc(SCC(=O)N2CCCCC2)[nH]c(=O)c1Cc1ccccc1. The largest absolute Gasteiger partial charge is 0.342 e. The van der Waals surface area contributed by atoms with E-state index in [1.807, 2.05) is 42.2 Å². The number of H-pyrrole nitrogens is 1. The molecule has 0 radical (unpaired) electrons. The first kappa shape index (κ1) is 17.7. The lowest BCUT2D eigenvalue weighted by Gasteiger charge is -2.26. The molecule has 0 spiro atoms. The van der Waals surface area contributed by atoms with Gasteiger partial charge in [0.25, 0.3) is 5.56 Å². The van der Waals surface area contributed by atoms with Crippen molar-refractivity contribution in [3.8, 4) is 0 Å². The number of aromatic nitrogens is 2. The maximum Gasteiger partial charge on any atom is 0.255 e. The Kier molecular flexibility index (Phi) is 5.91. The summed E-state index contributed by atoms with van der Waals surface area (Å²) >= 11 is 1.31. The fourth-order valence-electron chi connectivity index (χ4n) is 3.03. The van der Waals surface area contributed by atoms with Crippen molar-refractivity contribution in [1.29, 1.82) is 0 Å². The Labute approximate surface area is 151 Å². The predicted octanol–water partition coefficient (Wildman–Crippen LogP) is 2.77. The first-order chi connectivity index (χ1) is 12.1. The van der Waals surface area contributed by atoms with E-state index in [9.17, 15) is 9.59 Å². The van der Waals surface area contributed by atoms with Crippen LogP contribution in [0.15, 0.2) is 40.3 Å². The molecule has 2 aromatic rings. The first-order valence-corrected chi connectivity index (χ1v) is 9.66. The summed E-state index contributed by atoms with van der Waals surface area (Å²) in [6.45, 7) is 3.54. The van der Waals surface area contributed by atoms with Crippen LogP contribution >= 0.6 is 11.8 Å². The highest BCUT2D eigenvalue weighted by Gasteiger charge is 2.17. The molecule has 132 valence electrons. The molecule has 0 unspecified atom stereocenters. The van der Waals surface area contributed by atoms with Gasteiger partial charge in [-0.25, -0.2) is 4.98 Å². The molecule has 1 aromatic carbocycles. The fourth-order valence-corrected chi connectivity index (χ4v) is 3.83. The second-order valence-electron chi connectivity index (χ2n) is 6.33. The molecular formula is C19H23N3O2S. The minimum atomic E-state index is -0.121. The molecule has 1 amide bonds. The molecule has 0 bridgehead atoms. The molecule has 25 heavy (non-hydrogen) atoms. The van der Waals surface area contributed by atoms with Crippen LogP contribution in [0.25, 0.3) is 0 Å². The van der Waals surface area contributed by atoms with E-state index in [4.69, 9.17) is 0 Å². The topological polar surface area (TPSA) is 66.1 Å². The summed E-state index contributed by atoms with van der Waals surface area (Å²) in [5, 5.41) is 0.518. The third-order valence-corrected chi connectivity index (χ3v) is 5.32. The maximum absolute atomic E-state index is 12.4. The number of aromatic amines is 1. The lowest BCUT2D eigenvalue weighted by molar-refractivity contribution is -0.129. The number of carbonyl (C=O) groups excluding carboxylic acids is 1. The van der Waals surface area contributed by atoms with Gasteiger partial charge in [0.1, 0.15) is 0 Å². The molecule has 1 N–H and O–H groups in total. The number of piperidine rings is 1. The molecule has 1 aliphatic heterocycles. The molecule has 0 atom stereocenters. The highest BCUT2D eigenvalue weighted by molar-refractivity contribution is 7.99. The van der Waals surface area contributed by atoms with Crippen LogP contribution < -0.4 is 5.56 Å². The van der Waals surface area contributed by atoms with Crippen molar-refractivity contribution in [3.05, 3.63) is 57.5 Å². The van der Waals surface area contributed by atoms with Crippen molar-refractivity contribution < 1.29 is 4.79 Å². The van der Waals surface area contributed by atoms with Gasteiger partial charge in [0.05, 0.1) is 5.75 Å². The highest BCUT2D eigenvalue weighted by atomic mass is 32.2. The molecular weight excluding hydrogens is 334 g/mol. The van der Waals surface area contributed by atoms with Crippen molar-refractivity contribution >= 4 is 17.7 Å². The van der Waals surface area contributed by atoms with Gasteiger partial charge < -0.3 is 9.88 Å². The Hall–Kier alpha value is -2.08.